The van der Waals surface area contributed by atoms with Crippen LogP contribution in [0.2, 0.25) is 0 Å². The van der Waals surface area contributed by atoms with Crippen molar-refractivity contribution in [3.63, 3.8) is 0 Å². The summed E-state index contributed by atoms with van der Waals surface area (Å²) in [6.07, 6.45) is 6.52. The lowest BCUT2D eigenvalue weighted by atomic mass is 9.82. The number of hydrogen-bond acceptors (Lipinski definition) is 8. The second kappa shape index (κ2) is 17.5. The molecule has 4 heterocycles. The summed E-state index contributed by atoms with van der Waals surface area (Å²) in [7, 11) is 2.34. The molecule has 8 rings (SSSR count). The molecule has 0 radical (unpaired) electrons. The number of benzene rings is 2. The Morgan fingerprint density at radius 2 is 1.09 bits per heavy atom. The number of aromatic amines is 2. The molecule has 2 aromatic heterocycles. The highest BCUT2D eigenvalue weighted by Crippen LogP contribution is 2.53. The van der Waals surface area contributed by atoms with E-state index in [-0.39, 0.29) is 17.1 Å². The zero-order valence-corrected chi connectivity index (χ0v) is 37.4. The summed E-state index contributed by atoms with van der Waals surface area (Å²) in [5.74, 6) is -7.94. The summed E-state index contributed by atoms with van der Waals surface area (Å²) in [4.78, 5) is 69.2. The third kappa shape index (κ3) is 9.04. The van der Waals surface area contributed by atoms with Gasteiger partial charge in [-0.15, -0.1) is 0 Å². The number of alkyl halides is 4. The van der Waals surface area contributed by atoms with Crippen molar-refractivity contribution >= 4 is 24.0 Å². The van der Waals surface area contributed by atoms with E-state index >= 15 is 8.78 Å². The van der Waals surface area contributed by atoms with E-state index in [9.17, 15) is 28.0 Å². The summed E-state index contributed by atoms with van der Waals surface area (Å²) < 4.78 is 69.5. The van der Waals surface area contributed by atoms with E-state index in [0.29, 0.717) is 11.4 Å². The lowest BCUT2D eigenvalue weighted by molar-refractivity contribution is -0.137. The van der Waals surface area contributed by atoms with Crippen LogP contribution in [-0.2, 0) is 31.9 Å². The number of carbonyl (C=O) groups is 4. The van der Waals surface area contributed by atoms with E-state index in [4.69, 9.17) is 4.74 Å². The molecular formula is C47H56F4N8O6. The molecule has 2 aliphatic heterocycles. The summed E-state index contributed by atoms with van der Waals surface area (Å²) in [6.45, 7) is 5.25. The van der Waals surface area contributed by atoms with Crippen LogP contribution in [-0.4, -0.2) is 105 Å². The summed E-state index contributed by atoms with van der Waals surface area (Å²) in [6, 6.07) is 7.76. The van der Waals surface area contributed by atoms with Gasteiger partial charge < -0.3 is 39.9 Å². The second-order valence-corrected chi connectivity index (χ2v) is 18.9. The van der Waals surface area contributed by atoms with Crippen molar-refractivity contribution in [1.29, 1.82) is 0 Å². The number of ether oxygens (including phenoxy) is 2. The number of H-pyrrole nitrogens is 2. The third-order valence-electron chi connectivity index (χ3n) is 13.7. The number of nitrogens with zero attached hydrogens (tertiary/aromatic N) is 4. The SMILES string of the molecule is COC(=O)NC(C(=O)N1CC(F)(F)CC1c1ncc(-c2ccc(-c3ccc(-c4cnc([C@@H]5CC(F)(F)CN5C(=O)C(NC(=O)OC)C(C)C)[nH]4)cc3)c3c2CC2(CCCC2)C3)[nH]1)C(C)C. The number of likely N-dealkylation sites (tertiary alicyclic amines) is 2. The smallest absolute Gasteiger partial charge is 0.407 e. The summed E-state index contributed by atoms with van der Waals surface area (Å²) in [5.41, 5.74) is 7.47. The lowest BCUT2D eigenvalue weighted by Crippen LogP contribution is -2.51. The van der Waals surface area contributed by atoms with Gasteiger partial charge in [-0.3, -0.25) is 9.59 Å². The van der Waals surface area contributed by atoms with E-state index in [0.717, 1.165) is 70.6 Å². The van der Waals surface area contributed by atoms with Crippen LogP contribution in [0.4, 0.5) is 27.2 Å². The number of hydrogen-bond donors (Lipinski definition) is 4. The zero-order valence-electron chi connectivity index (χ0n) is 37.4. The average molecular weight is 905 g/mol. The van der Waals surface area contributed by atoms with Crippen LogP contribution >= 0.6 is 0 Å². The molecule has 4 amide bonds. The fourth-order valence-corrected chi connectivity index (χ4v) is 10.4. The molecule has 2 aromatic carbocycles. The van der Waals surface area contributed by atoms with Gasteiger partial charge in [0.2, 0.25) is 11.8 Å². The highest BCUT2D eigenvalue weighted by molar-refractivity contribution is 5.87. The number of imidazole rings is 2. The van der Waals surface area contributed by atoms with Gasteiger partial charge in [0.25, 0.3) is 11.8 Å². The Kier molecular flexibility index (Phi) is 12.3. The first-order valence-electron chi connectivity index (χ1n) is 22.2. The molecule has 0 bridgehead atoms. The number of fused-ring (bicyclic) bond motifs is 1. The van der Waals surface area contributed by atoms with Gasteiger partial charge in [0.1, 0.15) is 23.7 Å². The summed E-state index contributed by atoms with van der Waals surface area (Å²) >= 11 is 0. The lowest BCUT2D eigenvalue weighted by Gasteiger charge is -2.29. The second-order valence-electron chi connectivity index (χ2n) is 18.9. The molecule has 4 aliphatic rings. The van der Waals surface area contributed by atoms with Gasteiger partial charge in [0.15, 0.2) is 0 Å². The van der Waals surface area contributed by atoms with E-state index in [2.05, 4.69) is 41.4 Å². The molecule has 2 aliphatic carbocycles. The molecule has 18 heteroatoms. The third-order valence-corrected chi connectivity index (χ3v) is 13.7. The van der Waals surface area contributed by atoms with Crippen molar-refractivity contribution in [2.24, 2.45) is 17.3 Å². The first kappa shape index (κ1) is 45.6. The van der Waals surface area contributed by atoms with Crippen molar-refractivity contribution in [2.75, 3.05) is 27.3 Å². The van der Waals surface area contributed by atoms with Gasteiger partial charge >= 0.3 is 12.2 Å². The maximum absolute atomic E-state index is 15.1. The number of carbonyl (C=O) groups excluding carboxylic acids is 4. The van der Waals surface area contributed by atoms with Crippen LogP contribution in [0.3, 0.4) is 0 Å². The standard InChI is InChI=1S/C47H56F4N8O6/c1-25(2)37(56-43(62)64-5)41(60)58-23-46(48,49)19-35(58)39-52-21-33(54-39)28-11-9-27(10-12-28)29-13-14-30(32-18-45(17-31(29)32)15-7-8-16-45)34-22-53-40(55-34)36-20-47(50,51)24-59(36)42(61)38(26(3)4)57-44(63)65-6/h9-14,21-22,25-26,35-38H,7-8,15-20,23-24H2,1-6H3,(H,52,54)(H,53,55)(H,56,62)(H,57,63)/t35-,36?,37?,38?/m0/s1. The Balaban J connectivity index is 1.06. The van der Waals surface area contributed by atoms with Crippen LogP contribution in [0.1, 0.15) is 101 Å². The van der Waals surface area contributed by atoms with Crippen LogP contribution in [0.25, 0.3) is 33.6 Å². The molecular weight excluding hydrogens is 849 g/mol. The highest BCUT2D eigenvalue weighted by Gasteiger charge is 2.52. The molecule has 4 atom stereocenters. The largest absolute Gasteiger partial charge is 0.453 e. The number of halogens is 4. The molecule has 348 valence electrons. The zero-order chi connectivity index (χ0) is 46.6. The van der Waals surface area contributed by atoms with E-state index in [1.807, 2.05) is 30.3 Å². The first-order chi connectivity index (χ1) is 30.8. The van der Waals surface area contributed by atoms with Gasteiger partial charge in [-0.2, -0.15) is 0 Å². The molecule has 65 heavy (non-hydrogen) atoms. The van der Waals surface area contributed by atoms with Crippen LogP contribution in [0.5, 0.6) is 0 Å². The Bertz CT molecular complexity index is 2450. The maximum Gasteiger partial charge on any atom is 0.407 e. The van der Waals surface area contributed by atoms with Crippen molar-refractivity contribution < 1.29 is 46.2 Å². The molecule has 3 fully saturated rings. The molecule has 4 N–H and O–H groups in total. The number of amides is 4. The van der Waals surface area contributed by atoms with E-state index in [1.165, 1.54) is 25.3 Å². The van der Waals surface area contributed by atoms with Gasteiger partial charge in [0.05, 0.1) is 63.2 Å². The monoisotopic (exact) mass is 904 g/mol. The molecule has 14 nitrogen and oxygen atoms in total. The Labute approximate surface area is 374 Å². The van der Waals surface area contributed by atoms with E-state index < -0.39 is 97.8 Å². The molecule has 1 spiro atoms. The Morgan fingerprint density at radius 1 is 0.662 bits per heavy atom. The van der Waals surface area contributed by atoms with Crippen LogP contribution in [0.15, 0.2) is 48.8 Å². The van der Waals surface area contributed by atoms with Crippen LogP contribution < -0.4 is 10.6 Å². The Hall–Kier alpha value is -5.94. The minimum Gasteiger partial charge on any atom is -0.453 e. The maximum atomic E-state index is 15.1. The van der Waals surface area contributed by atoms with Gasteiger partial charge in [-0.05, 0) is 70.8 Å². The number of nitrogens with one attached hydrogen (secondary N) is 4. The molecule has 3 unspecified atom stereocenters. The summed E-state index contributed by atoms with van der Waals surface area (Å²) in [5, 5.41) is 4.99. The fraction of sp³-hybridized carbons (Fsp3) is 0.532. The molecule has 1 saturated carbocycles. The van der Waals surface area contributed by atoms with Gasteiger partial charge in [0, 0.05) is 18.4 Å². The van der Waals surface area contributed by atoms with Gasteiger partial charge in [-0.25, -0.2) is 37.1 Å². The van der Waals surface area contributed by atoms with Crippen molar-refractivity contribution in [2.45, 2.75) is 115 Å². The predicted molar refractivity (Wildman–Crippen MR) is 232 cm³/mol. The fourth-order valence-electron chi connectivity index (χ4n) is 10.4. The first-order valence-corrected chi connectivity index (χ1v) is 22.2. The number of methoxy groups -OCH3 is 2. The minimum atomic E-state index is -3.16. The quantitative estimate of drug-likeness (QED) is 0.109. The van der Waals surface area contributed by atoms with Crippen molar-refractivity contribution in [3.8, 4) is 33.6 Å². The normalized spacial score (nSPS) is 21.5. The average Bonchev–Trinajstić information content (AvgIpc) is 4.14. The van der Waals surface area contributed by atoms with Gasteiger partial charge in [-0.1, -0.05) is 76.9 Å². The number of rotatable bonds is 11. The van der Waals surface area contributed by atoms with Crippen LogP contribution in [0, 0.1) is 17.3 Å². The van der Waals surface area contributed by atoms with Crippen molar-refractivity contribution in [1.82, 2.24) is 40.4 Å². The molecule has 4 aromatic rings. The minimum absolute atomic E-state index is 0.106. The topological polar surface area (TPSA) is 175 Å². The Morgan fingerprint density at radius 3 is 1.57 bits per heavy atom. The predicted octanol–water partition coefficient (Wildman–Crippen LogP) is 8.37. The highest BCUT2D eigenvalue weighted by atomic mass is 19.3. The number of aromatic nitrogens is 4. The van der Waals surface area contributed by atoms with Crippen molar-refractivity contribution in [3.05, 3.63) is 71.6 Å². The number of alkyl carbamates (subject to hydrolysis) is 2. The van der Waals surface area contributed by atoms with E-state index in [1.54, 1.807) is 40.1 Å². The molecule has 2 saturated heterocycles.